The number of benzene rings is 1. The number of carbonyl (C=O) groups excluding carboxylic acids is 1. The van der Waals surface area contributed by atoms with E-state index in [0.29, 0.717) is 15.6 Å². The highest BCUT2D eigenvalue weighted by Crippen LogP contribution is 2.27. The van der Waals surface area contributed by atoms with Crippen LogP contribution in [0.2, 0.25) is 4.34 Å². The highest BCUT2D eigenvalue weighted by Gasteiger charge is 2.15. The smallest absolute Gasteiger partial charge is 0.253 e. The number of nitrogens with two attached hydrogens (primary N) is 1. The van der Waals surface area contributed by atoms with Gasteiger partial charge in [-0.1, -0.05) is 27.5 Å². The Balaban J connectivity index is 2.15. The Kier molecular flexibility index (Phi) is 4.50. The fraction of sp³-hybridized carbons (Fsp3) is 0.154. The van der Waals surface area contributed by atoms with E-state index in [1.54, 1.807) is 18.2 Å². The third kappa shape index (κ3) is 3.49. The van der Waals surface area contributed by atoms with Gasteiger partial charge in [-0.3, -0.25) is 4.79 Å². The lowest BCUT2D eigenvalue weighted by Gasteiger charge is -2.13. The van der Waals surface area contributed by atoms with E-state index >= 15 is 0 Å². The Morgan fingerprint density at radius 3 is 2.79 bits per heavy atom. The minimum absolute atomic E-state index is 0.108. The van der Waals surface area contributed by atoms with E-state index in [0.717, 1.165) is 9.35 Å². The molecule has 1 amide bonds. The van der Waals surface area contributed by atoms with Crippen LogP contribution in [0.15, 0.2) is 34.8 Å². The van der Waals surface area contributed by atoms with Gasteiger partial charge >= 0.3 is 0 Å². The van der Waals surface area contributed by atoms with Crippen LogP contribution in [0.4, 0.5) is 5.69 Å². The van der Waals surface area contributed by atoms with E-state index < -0.39 is 0 Å². The molecule has 0 fully saturated rings. The number of nitrogens with one attached hydrogen (secondary N) is 1. The van der Waals surface area contributed by atoms with Crippen LogP contribution in [0.5, 0.6) is 0 Å². The summed E-state index contributed by atoms with van der Waals surface area (Å²) >= 11 is 10.7. The van der Waals surface area contributed by atoms with Gasteiger partial charge in [-0.05, 0) is 37.3 Å². The van der Waals surface area contributed by atoms with E-state index in [-0.39, 0.29) is 11.9 Å². The lowest BCUT2D eigenvalue weighted by Crippen LogP contribution is -2.26. The number of halogens is 2. The second-order valence-electron chi connectivity index (χ2n) is 4.07. The number of amides is 1. The van der Waals surface area contributed by atoms with Gasteiger partial charge in [-0.25, -0.2) is 0 Å². The zero-order valence-corrected chi connectivity index (χ0v) is 13.3. The molecule has 0 aliphatic heterocycles. The second-order valence-corrected chi connectivity index (χ2v) is 6.73. The molecule has 0 bridgehead atoms. The molecule has 0 aliphatic carbocycles. The topological polar surface area (TPSA) is 55.1 Å². The van der Waals surface area contributed by atoms with Crippen molar-refractivity contribution >= 4 is 50.5 Å². The van der Waals surface area contributed by atoms with Crippen molar-refractivity contribution in [3.63, 3.8) is 0 Å². The lowest BCUT2D eigenvalue weighted by molar-refractivity contribution is 0.0941. The summed E-state index contributed by atoms with van der Waals surface area (Å²) in [5.41, 5.74) is 6.73. The van der Waals surface area contributed by atoms with Crippen molar-refractivity contribution in [2.24, 2.45) is 0 Å². The van der Waals surface area contributed by atoms with Crippen LogP contribution < -0.4 is 11.1 Å². The largest absolute Gasteiger partial charge is 0.398 e. The summed E-state index contributed by atoms with van der Waals surface area (Å²) in [4.78, 5) is 13.2. The first-order chi connectivity index (χ1) is 8.97. The predicted octanol–water partition coefficient (Wildman–Crippen LogP) is 4.24. The fourth-order valence-electron chi connectivity index (χ4n) is 1.63. The van der Waals surface area contributed by atoms with Gasteiger partial charge in [-0.2, -0.15) is 0 Å². The van der Waals surface area contributed by atoms with E-state index in [9.17, 15) is 4.79 Å². The minimum Gasteiger partial charge on any atom is -0.398 e. The van der Waals surface area contributed by atoms with Gasteiger partial charge in [0.05, 0.1) is 15.9 Å². The Labute approximate surface area is 128 Å². The standard InChI is InChI=1S/C13H12BrClN2OS/c1-7(11-4-5-12(15)19-11)17-13(18)9-6-8(14)2-3-10(9)16/h2-7H,16H2,1H3,(H,17,18). The van der Waals surface area contributed by atoms with Crippen LogP contribution in [0.1, 0.15) is 28.2 Å². The van der Waals surface area contributed by atoms with Gasteiger partial charge in [0.25, 0.3) is 5.91 Å². The molecular formula is C13H12BrClN2OS. The van der Waals surface area contributed by atoms with Crippen molar-refractivity contribution in [2.45, 2.75) is 13.0 Å². The first-order valence-corrected chi connectivity index (χ1v) is 7.57. The minimum atomic E-state index is -0.198. The fourth-order valence-corrected chi connectivity index (χ4v) is 3.06. The zero-order chi connectivity index (χ0) is 14.0. The molecule has 0 spiro atoms. The second kappa shape index (κ2) is 5.94. The Bertz CT molecular complexity index is 614. The molecule has 0 radical (unpaired) electrons. The number of nitrogen functional groups attached to an aromatic ring is 1. The van der Waals surface area contributed by atoms with Crippen LogP contribution in [0, 0.1) is 0 Å². The summed E-state index contributed by atoms with van der Waals surface area (Å²) in [6, 6.07) is 8.82. The Morgan fingerprint density at radius 2 is 2.16 bits per heavy atom. The van der Waals surface area contributed by atoms with Gasteiger partial charge in [0.15, 0.2) is 0 Å². The first-order valence-electron chi connectivity index (χ1n) is 5.58. The number of rotatable bonds is 3. The zero-order valence-electron chi connectivity index (χ0n) is 10.1. The molecule has 1 unspecified atom stereocenters. The summed E-state index contributed by atoms with van der Waals surface area (Å²) < 4.78 is 1.52. The molecule has 1 heterocycles. The van der Waals surface area contributed by atoms with Gasteiger partial charge in [-0.15, -0.1) is 11.3 Å². The Morgan fingerprint density at radius 1 is 1.42 bits per heavy atom. The highest BCUT2D eigenvalue weighted by atomic mass is 79.9. The predicted molar refractivity (Wildman–Crippen MR) is 83.8 cm³/mol. The van der Waals surface area contributed by atoms with Gasteiger partial charge < -0.3 is 11.1 Å². The van der Waals surface area contributed by atoms with Crippen LogP contribution in [0.25, 0.3) is 0 Å². The highest BCUT2D eigenvalue weighted by molar-refractivity contribution is 9.10. The number of hydrogen-bond donors (Lipinski definition) is 2. The van der Waals surface area contributed by atoms with Gasteiger partial charge in [0.1, 0.15) is 0 Å². The summed E-state index contributed by atoms with van der Waals surface area (Å²) in [5, 5.41) is 2.91. The molecule has 100 valence electrons. The monoisotopic (exact) mass is 358 g/mol. The molecule has 19 heavy (non-hydrogen) atoms. The number of carbonyl (C=O) groups is 1. The maximum atomic E-state index is 12.2. The van der Waals surface area contributed by atoms with E-state index in [4.69, 9.17) is 17.3 Å². The molecule has 0 saturated carbocycles. The first kappa shape index (κ1) is 14.4. The molecule has 1 aromatic heterocycles. The van der Waals surface area contributed by atoms with Crippen LogP contribution in [0.3, 0.4) is 0 Å². The SMILES string of the molecule is CC(NC(=O)c1cc(Br)ccc1N)c1ccc(Cl)s1. The van der Waals surface area contributed by atoms with Gasteiger partial charge in [0.2, 0.25) is 0 Å². The molecule has 1 atom stereocenters. The molecule has 6 heteroatoms. The maximum Gasteiger partial charge on any atom is 0.253 e. The third-order valence-corrected chi connectivity index (χ3v) is 4.54. The van der Waals surface area contributed by atoms with E-state index in [1.807, 2.05) is 19.1 Å². The van der Waals surface area contributed by atoms with Crippen LogP contribution in [-0.2, 0) is 0 Å². The molecule has 2 aromatic rings. The number of anilines is 1. The third-order valence-electron chi connectivity index (χ3n) is 2.63. The summed E-state index contributed by atoms with van der Waals surface area (Å²) in [7, 11) is 0. The molecule has 2 rings (SSSR count). The molecule has 1 aromatic carbocycles. The van der Waals surface area contributed by atoms with Crippen molar-refractivity contribution in [3.8, 4) is 0 Å². The maximum absolute atomic E-state index is 12.2. The number of thiophene rings is 1. The van der Waals surface area contributed by atoms with Crippen molar-refractivity contribution in [1.29, 1.82) is 0 Å². The molecule has 3 nitrogen and oxygen atoms in total. The van der Waals surface area contributed by atoms with Gasteiger partial charge in [0, 0.05) is 15.0 Å². The van der Waals surface area contributed by atoms with Crippen LogP contribution >= 0.6 is 38.9 Å². The quantitative estimate of drug-likeness (QED) is 0.805. The van der Waals surface area contributed by atoms with Crippen molar-refractivity contribution in [3.05, 3.63) is 49.6 Å². The van der Waals surface area contributed by atoms with E-state index in [1.165, 1.54) is 11.3 Å². The molecular weight excluding hydrogens is 348 g/mol. The normalized spacial score (nSPS) is 12.2. The van der Waals surface area contributed by atoms with Crippen molar-refractivity contribution in [1.82, 2.24) is 5.32 Å². The van der Waals surface area contributed by atoms with E-state index in [2.05, 4.69) is 21.2 Å². The molecule has 0 aliphatic rings. The Hall–Kier alpha value is -1.04. The summed E-state index contributed by atoms with van der Waals surface area (Å²) in [6.45, 7) is 1.91. The van der Waals surface area contributed by atoms with Crippen molar-refractivity contribution in [2.75, 3.05) is 5.73 Å². The molecule has 0 saturated heterocycles. The average molecular weight is 360 g/mol. The summed E-state index contributed by atoms with van der Waals surface area (Å²) in [5.74, 6) is -0.198. The lowest BCUT2D eigenvalue weighted by atomic mass is 10.1. The molecule has 3 N–H and O–H groups in total. The average Bonchev–Trinajstić information content (AvgIpc) is 2.79. The van der Waals surface area contributed by atoms with Crippen LogP contribution in [-0.4, -0.2) is 5.91 Å². The van der Waals surface area contributed by atoms with Crippen molar-refractivity contribution < 1.29 is 4.79 Å². The summed E-state index contributed by atoms with van der Waals surface area (Å²) in [6.07, 6.45) is 0. The number of hydrogen-bond acceptors (Lipinski definition) is 3.